The molecule has 0 amide bonds. The number of pyridine rings is 1. The van der Waals surface area contributed by atoms with Crippen molar-refractivity contribution in [2.24, 2.45) is 0 Å². The smallest absolute Gasteiger partial charge is 0.163 e. The molecule has 0 saturated heterocycles. The number of Topliss-reactive ketones (excluding diaryl/α,β-unsaturated/α-hetero) is 1. The maximum absolute atomic E-state index is 13.2. The summed E-state index contributed by atoms with van der Waals surface area (Å²) in [7, 11) is 0. The minimum Gasteiger partial charge on any atom is -0.493 e. The predicted octanol–water partition coefficient (Wildman–Crippen LogP) is 6.78. The topological polar surface area (TPSA) is 100 Å². The van der Waals surface area contributed by atoms with E-state index >= 15 is 0 Å². The fourth-order valence-corrected chi connectivity index (χ4v) is 5.72. The Balaban J connectivity index is 1.70. The second-order valence-electron chi connectivity index (χ2n) is 11.4. The molecule has 1 atom stereocenters. The van der Waals surface area contributed by atoms with Crippen molar-refractivity contribution in [1.29, 1.82) is 0 Å². The summed E-state index contributed by atoms with van der Waals surface area (Å²) in [5.74, 6) is 1.21. The van der Waals surface area contributed by atoms with Crippen molar-refractivity contribution in [3.05, 3.63) is 77.9 Å². The minimum absolute atomic E-state index is 0.0523. The third kappa shape index (κ3) is 4.46. The lowest BCUT2D eigenvalue weighted by Gasteiger charge is -2.30. The van der Waals surface area contributed by atoms with E-state index in [1.165, 1.54) is 11.9 Å². The first-order valence-corrected chi connectivity index (χ1v) is 13.5. The molecule has 0 spiro atoms. The van der Waals surface area contributed by atoms with Gasteiger partial charge in [-0.1, -0.05) is 18.2 Å². The molecule has 1 aliphatic rings. The van der Waals surface area contributed by atoms with Gasteiger partial charge in [-0.15, -0.1) is 0 Å². The van der Waals surface area contributed by atoms with Crippen LogP contribution in [0, 0.1) is 6.92 Å². The SMILES string of the molecule is CC(=O)[C@@H](OC(C)(C)C)c1c(C)cc2cc(-c3cncnc3N)ccc2c1-c1ccc2c3c(ccnc13)CCO2. The van der Waals surface area contributed by atoms with Crippen LogP contribution in [0.15, 0.2) is 61.2 Å². The molecule has 3 heterocycles. The number of ketones is 1. The predicted molar refractivity (Wildman–Crippen MR) is 158 cm³/mol. The van der Waals surface area contributed by atoms with Gasteiger partial charge in [0.15, 0.2) is 5.78 Å². The molecule has 1 aliphatic heterocycles. The van der Waals surface area contributed by atoms with Crippen LogP contribution in [-0.2, 0) is 16.0 Å². The largest absolute Gasteiger partial charge is 0.493 e. The number of carbonyl (C=O) groups is 1. The number of fused-ring (bicyclic) bond motifs is 1. The van der Waals surface area contributed by atoms with Crippen molar-refractivity contribution in [1.82, 2.24) is 15.0 Å². The molecule has 0 bridgehead atoms. The Kier molecular flexibility index (Phi) is 6.27. The maximum atomic E-state index is 13.2. The standard InChI is InChI=1S/C33H32N4O3/c1-18-14-22-15-21(25-16-35-17-37-32(25)34)6-7-23(22)29(27(18)31(19(2)38)40-33(3,4)5)24-8-9-26-28-20(11-13-39-26)10-12-36-30(24)28/h6-10,12,14-17,31H,11,13H2,1-5H3,(H2,34,35,37)/t31-/m1/s1. The van der Waals surface area contributed by atoms with Gasteiger partial charge in [0, 0.05) is 35.3 Å². The molecule has 202 valence electrons. The van der Waals surface area contributed by atoms with E-state index in [9.17, 15) is 4.79 Å². The van der Waals surface area contributed by atoms with E-state index in [0.29, 0.717) is 12.4 Å². The molecule has 0 unspecified atom stereocenters. The van der Waals surface area contributed by atoms with Crippen LogP contribution in [0.2, 0.25) is 0 Å². The van der Waals surface area contributed by atoms with E-state index in [0.717, 1.165) is 67.2 Å². The Morgan fingerprint density at radius 1 is 1.07 bits per heavy atom. The Morgan fingerprint density at radius 2 is 1.90 bits per heavy atom. The maximum Gasteiger partial charge on any atom is 0.163 e. The number of aryl methyl sites for hydroxylation is 1. The number of anilines is 1. The lowest BCUT2D eigenvalue weighted by Crippen LogP contribution is -2.27. The van der Waals surface area contributed by atoms with Crippen molar-refractivity contribution in [3.8, 4) is 28.0 Å². The second-order valence-corrected chi connectivity index (χ2v) is 11.4. The van der Waals surface area contributed by atoms with Gasteiger partial charge < -0.3 is 15.2 Å². The summed E-state index contributed by atoms with van der Waals surface area (Å²) in [6, 6.07) is 14.4. The van der Waals surface area contributed by atoms with Crippen LogP contribution in [0.1, 0.15) is 50.5 Å². The van der Waals surface area contributed by atoms with E-state index in [-0.39, 0.29) is 5.78 Å². The van der Waals surface area contributed by atoms with Gasteiger partial charge in [0.25, 0.3) is 0 Å². The minimum atomic E-state index is -0.751. The van der Waals surface area contributed by atoms with E-state index in [1.54, 1.807) is 13.1 Å². The fraction of sp³-hybridized carbons (Fsp3) is 0.273. The molecule has 0 radical (unpaired) electrons. The van der Waals surface area contributed by atoms with Gasteiger partial charge in [-0.25, -0.2) is 9.97 Å². The number of hydrogen-bond acceptors (Lipinski definition) is 7. The number of ether oxygens (including phenoxy) is 2. The number of rotatable bonds is 5. The second kappa shape index (κ2) is 9.68. The van der Waals surface area contributed by atoms with Gasteiger partial charge >= 0.3 is 0 Å². The summed E-state index contributed by atoms with van der Waals surface area (Å²) < 4.78 is 12.5. The summed E-state index contributed by atoms with van der Waals surface area (Å²) in [6.07, 6.45) is 5.10. The number of benzene rings is 3. The monoisotopic (exact) mass is 532 g/mol. The Morgan fingerprint density at radius 3 is 2.65 bits per heavy atom. The van der Waals surface area contributed by atoms with E-state index in [2.05, 4.69) is 40.3 Å². The number of nitrogens with two attached hydrogens (primary N) is 1. The first kappa shape index (κ1) is 25.9. The lowest BCUT2D eigenvalue weighted by atomic mass is 9.84. The highest BCUT2D eigenvalue weighted by Gasteiger charge is 2.31. The van der Waals surface area contributed by atoms with Gasteiger partial charge in [0.2, 0.25) is 0 Å². The molecule has 0 fully saturated rings. The van der Waals surface area contributed by atoms with Crippen molar-refractivity contribution in [2.45, 2.75) is 52.7 Å². The fourth-order valence-electron chi connectivity index (χ4n) is 5.72. The van der Waals surface area contributed by atoms with Gasteiger partial charge in [0.1, 0.15) is 24.0 Å². The van der Waals surface area contributed by atoms with Gasteiger partial charge in [-0.05, 0) is 97.5 Å². The Hall–Kier alpha value is -4.36. The highest BCUT2D eigenvalue weighted by Crippen LogP contribution is 2.45. The lowest BCUT2D eigenvalue weighted by molar-refractivity contribution is -0.138. The molecule has 3 aromatic carbocycles. The van der Waals surface area contributed by atoms with Crippen LogP contribution in [0.3, 0.4) is 0 Å². The average Bonchev–Trinajstić information content (AvgIpc) is 2.91. The van der Waals surface area contributed by atoms with Crippen molar-refractivity contribution in [2.75, 3.05) is 12.3 Å². The quantitative estimate of drug-likeness (QED) is 0.266. The summed E-state index contributed by atoms with van der Waals surface area (Å²) in [5.41, 5.74) is 13.1. The van der Waals surface area contributed by atoms with Crippen LogP contribution in [0.5, 0.6) is 5.75 Å². The molecule has 0 aliphatic carbocycles. The van der Waals surface area contributed by atoms with Crippen molar-refractivity contribution < 1.29 is 14.3 Å². The van der Waals surface area contributed by atoms with E-state index in [4.69, 9.17) is 20.2 Å². The summed E-state index contributed by atoms with van der Waals surface area (Å²) in [6.45, 7) is 10.2. The van der Waals surface area contributed by atoms with Crippen LogP contribution in [-0.4, -0.2) is 32.9 Å². The number of hydrogen-bond donors (Lipinski definition) is 1. The molecule has 5 aromatic rings. The summed E-state index contributed by atoms with van der Waals surface area (Å²) >= 11 is 0. The molecule has 7 heteroatoms. The number of nitrogens with zero attached hydrogens (tertiary/aromatic N) is 3. The van der Waals surface area contributed by atoms with Crippen LogP contribution < -0.4 is 10.5 Å². The first-order chi connectivity index (χ1) is 19.1. The van der Waals surface area contributed by atoms with Crippen LogP contribution in [0.25, 0.3) is 43.9 Å². The van der Waals surface area contributed by atoms with Crippen molar-refractivity contribution in [3.63, 3.8) is 0 Å². The highest BCUT2D eigenvalue weighted by atomic mass is 16.5. The molecule has 0 saturated carbocycles. The number of carbonyl (C=O) groups excluding carboxylic acids is 1. The summed E-state index contributed by atoms with van der Waals surface area (Å²) in [5, 5.41) is 3.02. The Bertz CT molecular complexity index is 1800. The third-order valence-corrected chi connectivity index (χ3v) is 7.38. The number of nitrogen functional groups attached to an aromatic ring is 1. The van der Waals surface area contributed by atoms with E-state index < -0.39 is 11.7 Å². The van der Waals surface area contributed by atoms with Crippen LogP contribution in [0.4, 0.5) is 5.82 Å². The highest BCUT2D eigenvalue weighted by molar-refractivity contribution is 6.09. The van der Waals surface area contributed by atoms with Crippen molar-refractivity contribution >= 4 is 33.3 Å². The molecule has 40 heavy (non-hydrogen) atoms. The average molecular weight is 533 g/mol. The third-order valence-electron chi connectivity index (χ3n) is 7.38. The Labute approximate surface area is 233 Å². The van der Waals surface area contributed by atoms with Gasteiger partial charge in [-0.3, -0.25) is 9.78 Å². The first-order valence-electron chi connectivity index (χ1n) is 13.5. The normalized spacial score (nSPS) is 13.8. The molecule has 6 rings (SSSR count). The molecule has 7 nitrogen and oxygen atoms in total. The number of aromatic nitrogens is 3. The molecular weight excluding hydrogens is 500 g/mol. The van der Waals surface area contributed by atoms with E-state index in [1.807, 2.05) is 46.0 Å². The summed E-state index contributed by atoms with van der Waals surface area (Å²) in [4.78, 5) is 26.4. The zero-order valence-corrected chi connectivity index (χ0v) is 23.4. The van der Waals surface area contributed by atoms with Gasteiger partial charge in [0.05, 0.1) is 17.7 Å². The van der Waals surface area contributed by atoms with Gasteiger partial charge in [-0.2, -0.15) is 0 Å². The van der Waals surface area contributed by atoms with Crippen LogP contribution >= 0.6 is 0 Å². The molecule has 2 aromatic heterocycles. The molecule has 2 N–H and O–H groups in total. The zero-order valence-electron chi connectivity index (χ0n) is 23.4. The zero-order chi connectivity index (χ0) is 28.2. The molecular formula is C33H32N4O3.